The average Bonchev–Trinajstić information content (AvgIpc) is 1.54. The van der Waals surface area contributed by atoms with Gasteiger partial charge >= 0.3 is 0 Å². The minimum Gasteiger partial charge on any atom is -0.246 e. The van der Waals surface area contributed by atoms with Crippen molar-refractivity contribution >= 4 is 128 Å². The first-order chi connectivity index (χ1) is 60.4. The summed E-state index contributed by atoms with van der Waals surface area (Å²) < 4.78 is 4.94. The Morgan fingerprint density at radius 1 is 0.164 bits per heavy atom. The number of hydrogen-bond acceptors (Lipinski definition) is 10. The predicted octanol–water partition coefficient (Wildman–Crippen LogP) is 30.2. The van der Waals surface area contributed by atoms with E-state index in [9.17, 15) is 0 Å². The molecule has 0 aliphatic heterocycles. The van der Waals surface area contributed by atoms with Crippen LogP contribution in [0.25, 0.3) is 241 Å². The molecule has 6 heterocycles. The Morgan fingerprint density at radius 3 is 0.975 bits per heavy atom. The molecule has 0 fully saturated rings. The van der Waals surface area contributed by atoms with Crippen molar-refractivity contribution in [1.82, 2.24) is 39.9 Å². The Balaban J connectivity index is 0.000000142. The van der Waals surface area contributed by atoms with Gasteiger partial charge in [0.25, 0.3) is 0 Å². The van der Waals surface area contributed by atoms with E-state index in [0.29, 0.717) is 34.9 Å². The number of para-hydroxylation sites is 1. The van der Waals surface area contributed by atoms with Crippen LogP contribution in [0.1, 0.15) is 0 Å². The van der Waals surface area contributed by atoms with Crippen LogP contribution in [0.3, 0.4) is 0 Å². The van der Waals surface area contributed by atoms with E-state index in [2.05, 4.69) is 315 Å². The Kier molecular flexibility index (Phi) is 17.8. The zero-order valence-electron chi connectivity index (χ0n) is 65.7. The van der Waals surface area contributed by atoms with Crippen LogP contribution in [0.4, 0.5) is 0 Å². The largest absolute Gasteiger partial charge is 0.246 e. The van der Waals surface area contributed by atoms with E-state index in [1.807, 2.05) is 120 Å². The Hall–Kier alpha value is -15.7. The van der Waals surface area contributed by atoms with E-state index in [0.717, 1.165) is 111 Å². The second-order valence-corrected chi connectivity index (χ2v) is 32.8. The van der Waals surface area contributed by atoms with Gasteiger partial charge in [-0.2, -0.15) is 0 Å². The standard InChI is InChI=1S/2C56H34N4S/c1-3-15-35(16-4-1)36-29-31-38(32-30-36)55-58-54(37-17-5-2-6-18-37)59-56(60-55)41-21-13-20-39(33-41)43-26-14-27-47-50-46-25-11-12-28-49(46)61-53(50)52(57-51(43)47)48-34-40-19-7-8-22-42(40)44-23-9-10-24-45(44)48;1-3-14-36(15-4-1)54-58-55(37-16-5-2-6-17-37)60-56(59-54)38-28-26-35(27-29-38)39-19-13-20-40(32-39)41-30-31-46-49(34-41)57-52(53-51(46)47-24-11-12-25-50(47)61-53)48-33-42-18-7-8-21-43(42)44-22-9-10-23-45(44)48/h2*1-34H. The number of pyridine rings is 2. The van der Waals surface area contributed by atoms with Gasteiger partial charge in [0.1, 0.15) is 0 Å². The maximum Gasteiger partial charge on any atom is 0.164 e. The molecule has 568 valence electrons. The number of benzene rings is 18. The molecule has 0 radical (unpaired) electrons. The molecule has 0 aliphatic rings. The minimum absolute atomic E-state index is 0.612. The summed E-state index contributed by atoms with van der Waals surface area (Å²) in [5, 5.41) is 17.1. The lowest BCUT2D eigenvalue weighted by Gasteiger charge is -2.15. The van der Waals surface area contributed by atoms with Crippen molar-refractivity contribution in [2.75, 3.05) is 0 Å². The van der Waals surface area contributed by atoms with Crippen LogP contribution < -0.4 is 0 Å². The fraction of sp³-hybridized carbons (Fsp3) is 0. The van der Waals surface area contributed by atoms with Gasteiger partial charge in [0, 0.05) is 91.8 Å². The summed E-state index contributed by atoms with van der Waals surface area (Å²) in [7, 11) is 0. The van der Waals surface area contributed by atoms with Crippen molar-refractivity contribution in [1.29, 1.82) is 0 Å². The van der Waals surface area contributed by atoms with Crippen LogP contribution in [0, 0.1) is 0 Å². The number of rotatable bonds is 12. The van der Waals surface area contributed by atoms with Gasteiger partial charge in [-0.3, -0.25) is 0 Å². The molecule has 0 atom stereocenters. The van der Waals surface area contributed by atoms with Crippen LogP contribution in [0.2, 0.25) is 0 Å². The highest BCUT2D eigenvalue weighted by Gasteiger charge is 2.25. The van der Waals surface area contributed by atoms with Crippen molar-refractivity contribution in [3.05, 3.63) is 413 Å². The second-order valence-electron chi connectivity index (χ2n) is 30.7. The summed E-state index contributed by atoms with van der Waals surface area (Å²) >= 11 is 3.66. The molecule has 18 aromatic carbocycles. The van der Waals surface area contributed by atoms with Gasteiger partial charge in [0.2, 0.25) is 0 Å². The summed E-state index contributed by atoms with van der Waals surface area (Å²) in [6.07, 6.45) is 0. The molecule has 6 aromatic heterocycles. The maximum absolute atomic E-state index is 5.71. The summed E-state index contributed by atoms with van der Waals surface area (Å²) in [6.45, 7) is 0. The van der Waals surface area contributed by atoms with E-state index >= 15 is 0 Å². The Bertz CT molecular complexity index is 8180. The number of fused-ring (bicyclic) bond motifs is 16. The van der Waals surface area contributed by atoms with Crippen molar-refractivity contribution < 1.29 is 0 Å². The van der Waals surface area contributed by atoms with Gasteiger partial charge in [-0.25, -0.2) is 39.9 Å². The summed E-state index contributed by atoms with van der Waals surface area (Å²) in [5.41, 5.74) is 20.8. The van der Waals surface area contributed by atoms with Crippen LogP contribution in [0.15, 0.2) is 413 Å². The predicted molar refractivity (Wildman–Crippen MR) is 511 cm³/mol. The number of thiophene rings is 2. The zero-order valence-corrected chi connectivity index (χ0v) is 67.3. The van der Waals surface area contributed by atoms with Gasteiger partial charge in [-0.05, 0) is 124 Å². The first-order valence-corrected chi connectivity index (χ1v) is 42.6. The summed E-state index contributed by atoms with van der Waals surface area (Å²) in [4.78, 5) is 41.3. The molecule has 0 spiro atoms. The highest BCUT2D eigenvalue weighted by molar-refractivity contribution is 7.27. The van der Waals surface area contributed by atoms with Gasteiger partial charge in [-0.15, -0.1) is 22.7 Å². The fourth-order valence-electron chi connectivity index (χ4n) is 17.5. The molecule has 24 rings (SSSR count). The van der Waals surface area contributed by atoms with Gasteiger partial charge < -0.3 is 0 Å². The molecule has 24 aromatic rings. The number of hydrogen-bond donors (Lipinski definition) is 0. The number of aromatic nitrogens is 8. The van der Waals surface area contributed by atoms with Crippen molar-refractivity contribution in [2.45, 2.75) is 0 Å². The first-order valence-electron chi connectivity index (χ1n) is 40.9. The molecule has 8 nitrogen and oxygen atoms in total. The second kappa shape index (κ2) is 30.3. The molecular formula is C112H68N8S2. The SMILES string of the molecule is c1ccc(-c2ccc(-c3nc(-c4ccccc4)nc(-c4cccc(-c5cccc6c5nc(-c5cc7ccccc7c7ccccc57)c5sc7ccccc7c56)c4)n3)cc2)cc1.c1ccc(-c2nc(-c3ccccc3)nc(-c3ccc(-c4cccc(-c5ccc6c(c5)nc(-c5cc7ccccc7c7ccccc57)c5sc7ccccc7c56)c4)cc3)n2)cc1. The smallest absolute Gasteiger partial charge is 0.164 e. The molecule has 0 unspecified atom stereocenters. The Labute approximate surface area is 710 Å². The van der Waals surface area contributed by atoms with Crippen molar-refractivity contribution in [3.8, 4) is 135 Å². The van der Waals surface area contributed by atoms with E-state index in [4.69, 9.17) is 39.9 Å². The van der Waals surface area contributed by atoms with Crippen LogP contribution >= 0.6 is 22.7 Å². The minimum atomic E-state index is 0.612. The zero-order chi connectivity index (χ0) is 80.6. The van der Waals surface area contributed by atoms with E-state index in [-0.39, 0.29) is 0 Å². The third-order valence-corrected chi connectivity index (χ3v) is 25.8. The maximum atomic E-state index is 5.71. The average molecular weight is 1590 g/mol. The summed E-state index contributed by atoms with van der Waals surface area (Å²) in [6, 6.07) is 145. The molecule has 0 saturated carbocycles. The molecular weight excluding hydrogens is 1520 g/mol. The third kappa shape index (κ3) is 12.9. The first kappa shape index (κ1) is 71.6. The van der Waals surface area contributed by atoms with Crippen LogP contribution in [0.5, 0.6) is 0 Å². The molecule has 10 heteroatoms. The van der Waals surface area contributed by atoms with E-state index in [1.54, 1.807) is 0 Å². The summed E-state index contributed by atoms with van der Waals surface area (Å²) in [5.74, 6) is 3.80. The lowest BCUT2D eigenvalue weighted by molar-refractivity contribution is 1.07. The van der Waals surface area contributed by atoms with Crippen molar-refractivity contribution in [2.24, 2.45) is 0 Å². The molecule has 0 saturated heterocycles. The van der Waals surface area contributed by atoms with Gasteiger partial charge in [0.15, 0.2) is 34.9 Å². The molecule has 0 bridgehead atoms. The molecule has 0 amide bonds. The monoisotopic (exact) mass is 1590 g/mol. The molecule has 122 heavy (non-hydrogen) atoms. The lowest BCUT2D eigenvalue weighted by atomic mass is 9.93. The van der Waals surface area contributed by atoms with E-state index in [1.165, 1.54) is 94.4 Å². The van der Waals surface area contributed by atoms with Gasteiger partial charge in [-0.1, -0.05) is 370 Å². The highest BCUT2D eigenvalue weighted by atomic mass is 32.1. The lowest BCUT2D eigenvalue weighted by Crippen LogP contribution is -2.00. The topological polar surface area (TPSA) is 103 Å². The molecule has 0 N–H and O–H groups in total. The van der Waals surface area contributed by atoms with Gasteiger partial charge in [0.05, 0.1) is 31.8 Å². The van der Waals surface area contributed by atoms with Crippen molar-refractivity contribution in [3.63, 3.8) is 0 Å². The van der Waals surface area contributed by atoms with Crippen LogP contribution in [-0.2, 0) is 0 Å². The third-order valence-electron chi connectivity index (χ3n) is 23.4. The number of nitrogens with zero attached hydrogens (tertiary/aromatic N) is 8. The Morgan fingerprint density at radius 2 is 0.475 bits per heavy atom. The molecule has 0 aliphatic carbocycles. The van der Waals surface area contributed by atoms with Crippen LogP contribution in [-0.4, -0.2) is 39.9 Å². The quantitative estimate of drug-likeness (QED) is 0.111. The fourth-order valence-corrected chi connectivity index (χ4v) is 20.0. The normalized spacial score (nSPS) is 11.6. The highest BCUT2D eigenvalue weighted by Crippen LogP contribution is 2.50. The van der Waals surface area contributed by atoms with E-state index < -0.39 is 0 Å².